The molecule has 2 fully saturated rings. The van der Waals surface area contributed by atoms with Gasteiger partial charge in [-0.25, -0.2) is 0 Å². The second kappa shape index (κ2) is 7.60. The summed E-state index contributed by atoms with van der Waals surface area (Å²) in [6.07, 6.45) is 0.0259. The molecule has 0 radical (unpaired) electrons. The van der Waals surface area contributed by atoms with E-state index in [4.69, 9.17) is 13.9 Å². The largest absolute Gasteiger partial charge is 0.464 e. The molecule has 1 atom stereocenters. The summed E-state index contributed by atoms with van der Waals surface area (Å²) in [6.45, 7) is 9.03. The standard InChI is InChI=1S/C20H26N2O3/c1-16-6-7-19(25-16)20-15-21(8-13-24-20)14-17-4-2-3-5-18(17)22-9-11-23-12-10-22/h2-7,20H,8-15H2,1H3/t20-/m1/s1. The van der Waals surface area contributed by atoms with E-state index < -0.39 is 0 Å². The molecule has 0 spiro atoms. The molecule has 0 N–H and O–H groups in total. The topological polar surface area (TPSA) is 38.1 Å². The lowest BCUT2D eigenvalue weighted by Crippen LogP contribution is -2.39. The van der Waals surface area contributed by atoms with Gasteiger partial charge in [0.1, 0.15) is 17.6 Å². The Balaban J connectivity index is 1.46. The van der Waals surface area contributed by atoms with Crippen LogP contribution in [-0.2, 0) is 16.0 Å². The van der Waals surface area contributed by atoms with Crippen molar-refractivity contribution >= 4 is 5.69 Å². The summed E-state index contributed by atoms with van der Waals surface area (Å²) in [4.78, 5) is 4.90. The molecule has 0 amide bonds. The van der Waals surface area contributed by atoms with Gasteiger partial charge in [0.05, 0.1) is 19.8 Å². The Hall–Kier alpha value is -1.82. The Labute approximate surface area is 149 Å². The van der Waals surface area contributed by atoms with Crippen LogP contribution in [-0.4, -0.2) is 50.9 Å². The highest BCUT2D eigenvalue weighted by atomic mass is 16.5. The Morgan fingerprint density at radius 2 is 1.84 bits per heavy atom. The van der Waals surface area contributed by atoms with Crippen LogP contribution in [0.2, 0.25) is 0 Å². The van der Waals surface area contributed by atoms with E-state index in [1.165, 1.54) is 11.3 Å². The zero-order valence-corrected chi connectivity index (χ0v) is 14.8. The van der Waals surface area contributed by atoms with E-state index in [1.807, 2.05) is 19.1 Å². The predicted octanol–water partition coefficient (Wildman–Crippen LogP) is 3.00. The minimum Gasteiger partial charge on any atom is -0.464 e. The number of hydrogen-bond acceptors (Lipinski definition) is 5. The van der Waals surface area contributed by atoms with Gasteiger partial charge in [-0.1, -0.05) is 18.2 Å². The van der Waals surface area contributed by atoms with Gasteiger partial charge in [0, 0.05) is 38.4 Å². The minimum atomic E-state index is 0.0259. The van der Waals surface area contributed by atoms with Crippen LogP contribution >= 0.6 is 0 Å². The van der Waals surface area contributed by atoms with Crippen molar-refractivity contribution in [3.8, 4) is 0 Å². The maximum Gasteiger partial charge on any atom is 0.134 e. The fourth-order valence-electron chi connectivity index (χ4n) is 3.64. The summed E-state index contributed by atoms with van der Waals surface area (Å²) in [7, 11) is 0. The lowest BCUT2D eigenvalue weighted by atomic mass is 10.1. The maximum atomic E-state index is 5.93. The van der Waals surface area contributed by atoms with E-state index in [2.05, 4.69) is 34.1 Å². The van der Waals surface area contributed by atoms with Crippen molar-refractivity contribution < 1.29 is 13.9 Å². The average Bonchev–Trinajstić information content (AvgIpc) is 3.10. The second-order valence-corrected chi connectivity index (χ2v) is 6.77. The van der Waals surface area contributed by atoms with E-state index in [-0.39, 0.29) is 6.10 Å². The molecular formula is C20H26N2O3. The molecule has 0 aliphatic carbocycles. The Kier molecular flexibility index (Phi) is 5.06. The number of hydrogen-bond donors (Lipinski definition) is 0. The van der Waals surface area contributed by atoms with Gasteiger partial charge in [-0.3, -0.25) is 4.90 Å². The number of morpholine rings is 2. The van der Waals surface area contributed by atoms with Crippen molar-refractivity contribution in [3.63, 3.8) is 0 Å². The molecule has 134 valence electrons. The van der Waals surface area contributed by atoms with Gasteiger partial charge in [0.2, 0.25) is 0 Å². The van der Waals surface area contributed by atoms with E-state index in [0.717, 1.165) is 64.1 Å². The molecule has 5 heteroatoms. The van der Waals surface area contributed by atoms with Crippen molar-refractivity contribution in [2.45, 2.75) is 19.6 Å². The number of furan rings is 1. The quantitative estimate of drug-likeness (QED) is 0.854. The fourth-order valence-corrected chi connectivity index (χ4v) is 3.64. The molecule has 0 saturated carbocycles. The summed E-state index contributed by atoms with van der Waals surface area (Å²) in [6, 6.07) is 12.8. The first-order valence-corrected chi connectivity index (χ1v) is 9.10. The summed E-state index contributed by atoms with van der Waals surface area (Å²) in [5, 5.41) is 0. The van der Waals surface area contributed by atoms with Crippen molar-refractivity contribution in [2.75, 3.05) is 50.9 Å². The highest BCUT2D eigenvalue weighted by Gasteiger charge is 2.25. The second-order valence-electron chi connectivity index (χ2n) is 6.77. The van der Waals surface area contributed by atoms with Crippen LogP contribution in [0.25, 0.3) is 0 Å². The molecule has 25 heavy (non-hydrogen) atoms. The fraction of sp³-hybridized carbons (Fsp3) is 0.500. The molecule has 1 aromatic carbocycles. The first-order valence-electron chi connectivity index (χ1n) is 9.10. The number of ether oxygens (including phenoxy) is 2. The van der Waals surface area contributed by atoms with Crippen LogP contribution in [0.3, 0.4) is 0 Å². The average molecular weight is 342 g/mol. The van der Waals surface area contributed by atoms with Gasteiger partial charge in [-0.2, -0.15) is 0 Å². The highest BCUT2D eigenvalue weighted by Crippen LogP contribution is 2.27. The van der Waals surface area contributed by atoms with Gasteiger partial charge in [-0.15, -0.1) is 0 Å². The maximum absolute atomic E-state index is 5.93. The molecule has 2 saturated heterocycles. The third kappa shape index (κ3) is 3.89. The molecule has 0 bridgehead atoms. The zero-order chi connectivity index (χ0) is 17.1. The highest BCUT2D eigenvalue weighted by molar-refractivity contribution is 5.54. The van der Waals surface area contributed by atoms with Crippen LogP contribution in [0.5, 0.6) is 0 Å². The van der Waals surface area contributed by atoms with Crippen molar-refractivity contribution in [1.29, 1.82) is 0 Å². The number of benzene rings is 1. The monoisotopic (exact) mass is 342 g/mol. The van der Waals surface area contributed by atoms with Crippen molar-refractivity contribution in [3.05, 3.63) is 53.5 Å². The Morgan fingerprint density at radius 3 is 2.64 bits per heavy atom. The van der Waals surface area contributed by atoms with Gasteiger partial charge in [0.15, 0.2) is 0 Å². The summed E-state index contributed by atoms with van der Waals surface area (Å²) in [5.74, 6) is 1.87. The first-order chi connectivity index (χ1) is 12.3. The predicted molar refractivity (Wildman–Crippen MR) is 96.9 cm³/mol. The molecule has 1 aromatic heterocycles. The van der Waals surface area contributed by atoms with Crippen molar-refractivity contribution in [1.82, 2.24) is 4.90 Å². The Bertz CT molecular complexity index is 694. The number of aryl methyl sites for hydroxylation is 1. The smallest absolute Gasteiger partial charge is 0.134 e. The van der Waals surface area contributed by atoms with Gasteiger partial charge < -0.3 is 18.8 Å². The van der Waals surface area contributed by atoms with Crippen LogP contribution < -0.4 is 4.90 Å². The van der Waals surface area contributed by atoms with Crippen LogP contribution in [0.1, 0.15) is 23.2 Å². The van der Waals surface area contributed by atoms with E-state index in [1.54, 1.807) is 0 Å². The number of rotatable bonds is 4. The zero-order valence-electron chi connectivity index (χ0n) is 14.8. The first kappa shape index (κ1) is 16.6. The molecule has 2 aliphatic heterocycles. The normalized spacial score (nSPS) is 22.3. The SMILES string of the molecule is Cc1ccc([C@H]2CN(Cc3ccccc3N3CCOCC3)CCO2)o1. The lowest BCUT2D eigenvalue weighted by molar-refractivity contribution is -0.0430. The number of anilines is 1. The van der Waals surface area contributed by atoms with E-state index in [0.29, 0.717) is 0 Å². The van der Waals surface area contributed by atoms with Crippen molar-refractivity contribution in [2.24, 2.45) is 0 Å². The summed E-state index contributed by atoms with van der Waals surface area (Å²) in [5.41, 5.74) is 2.71. The molecule has 5 nitrogen and oxygen atoms in total. The molecular weight excluding hydrogens is 316 g/mol. The third-order valence-electron chi connectivity index (χ3n) is 4.97. The summed E-state index contributed by atoms with van der Waals surface area (Å²) >= 11 is 0. The van der Waals surface area contributed by atoms with Crippen LogP contribution in [0.15, 0.2) is 40.8 Å². The van der Waals surface area contributed by atoms with Crippen LogP contribution in [0.4, 0.5) is 5.69 Å². The van der Waals surface area contributed by atoms with E-state index in [9.17, 15) is 0 Å². The number of para-hydroxylation sites is 1. The van der Waals surface area contributed by atoms with Crippen LogP contribution in [0, 0.1) is 6.92 Å². The van der Waals surface area contributed by atoms with E-state index >= 15 is 0 Å². The number of nitrogens with zero attached hydrogens (tertiary/aromatic N) is 2. The minimum absolute atomic E-state index is 0.0259. The molecule has 2 aliphatic rings. The molecule has 3 heterocycles. The molecule has 4 rings (SSSR count). The lowest BCUT2D eigenvalue weighted by Gasteiger charge is -2.34. The van der Waals surface area contributed by atoms with Gasteiger partial charge in [-0.05, 0) is 30.7 Å². The van der Waals surface area contributed by atoms with Gasteiger partial charge >= 0.3 is 0 Å². The molecule has 2 aromatic rings. The Morgan fingerprint density at radius 1 is 1.00 bits per heavy atom. The van der Waals surface area contributed by atoms with Gasteiger partial charge in [0.25, 0.3) is 0 Å². The summed E-state index contributed by atoms with van der Waals surface area (Å²) < 4.78 is 17.2. The third-order valence-corrected chi connectivity index (χ3v) is 4.97. The molecule has 0 unspecified atom stereocenters.